The number of carbonyl (C=O) groups excluding carboxylic acids is 1. The van der Waals surface area contributed by atoms with Crippen molar-refractivity contribution >= 4 is 17.5 Å². The maximum Gasteiger partial charge on any atom is 0.253 e. The van der Waals surface area contributed by atoms with Crippen LogP contribution < -0.4 is 0 Å². The molecule has 2 atom stereocenters. The Balaban J connectivity index is 2.01. The maximum absolute atomic E-state index is 12.0. The number of carbonyl (C=O) groups is 1. The number of halogens is 1. The van der Waals surface area contributed by atoms with E-state index in [4.69, 9.17) is 11.6 Å². The van der Waals surface area contributed by atoms with Crippen LogP contribution in [-0.4, -0.2) is 29.4 Å². The van der Waals surface area contributed by atoms with Crippen LogP contribution in [-0.2, 0) is 0 Å². The van der Waals surface area contributed by atoms with Crippen molar-refractivity contribution in [1.82, 2.24) is 9.88 Å². The molecule has 1 amide bonds. The van der Waals surface area contributed by atoms with Gasteiger partial charge in [0, 0.05) is 25.4 Å². The number of hydrogen-bond acceptors (Lipinski definition) is 2. The molecule has 0 saturated heterocycles. The number of hydrogen-bond donors (Lipinski definition) is 0. The Morgan fingerprint density at radius 1 is 1.69 bits per heavy atom. The third-order valence-electron chi connectivity index (χ3n) is 3.10. The highest BCUT2D eigenvalue weighted by Crippen LogP contribution is 2.38. The zero-order valence-electron chi connectivity index (χ0n) is 9.48. The normalized spacial score (nSPS) is 22.9. The molecule has 1 heterocycles. The largest absolute Gasteiger partial charge is 0.341 e. The second-order valence-electron chi connectivity index (χ2n) is 4.53. The molecular weight excluding hydrogens is 224 g/mol. The van der Waals surface area contributed by atoms with Gasteiger partial charge in [-0.05, 0) is 30.4 Å². The van der Waals surface area contributed by atoms with Crippen molar-refractivity contribution in [3.8, 4) is 0 Å². The van der Waals surface area contributed by atoms with Crippen molar-refractivity contribution < 1.29 is 4.79 Å². The number of aromatic nitrogens is 1. The van der Waals surface area contributed by atoms with Crippen LogP contribution in [0.3, 0.4) is 0 Å². The van der Waals surface area contributed by atoms with Gasteiger partial charge in [0.05, 0.1) is 0 Å². The van der Waals surface area contributed by atoms with E-state index in [1.165, 1.54) is 6.42 Å². The van der Waals surface area contributed by atoms with E-state index < -0.39 is 0 Å². The fraction of sp³-hybridized carbons (Fsp3) is 0.500. The van der Waals surface area contributed by atoms with Gasteiger partial charge in [0.2, 0.25) is 0 Å². The zero-order chi connectivity index (χ0) is 11.7. The summed E-state index contributed by atoms with van der Waals surface area (Å²) in [5.41, 5.74) is 0.607. The van der Waals surface area contributed by atoms with Gasteiger partial charge in [0.25, 0.3) is 5.91 Å². The van der Waals surface area contributed by atoms with Gasteiger partial charge >= 0.3 is 0 Å². The van der Waals surface area contributed by atoms with Crippen molar-refractivity contribution in [2.24, 2.45) is 11.8 Å². The summed E-state index contributed by atoms with van der Waals surface area (Å²) in [6.07, 6.45) is 2.79. The van der Waals surface area contributed by atoms with E-state index in [9.17, 15) is 4.79 Å². The molecule has 0 bridgehead atoms. The number of rotatable bonds is 3. The molecule has 0 radical (unpaired) electrons. The van der Waals surface area contributed by atoms with E-state index >= 15 is 0 Å². The predicted octanol–water partition coefficient (Wildman–Crippen LogP) is 2.46. The molecule has 2 rings (SSSR count). The smallest absolute Gasteiger partial charge is 0.253 e. The van der Waals surface area contributed by atoms with Gasteiger partial charge in [0.15, 0.2) is 0 Å². The van der Waals surface area contributed by atoms with Crippen LogP contribution in [0.15, 0.2) is 18.3 Å². The standard InChI is InChI=1S/C12H15ClN2O/c1-8-5-10(8)7-15(2)12(16)9-3-4-14-11(13)6-9/h3-4,6,8,10H,5,7H2,1-2H3. The summed E-state index contributed by atoms with van der Waals surface area (Å²) >= 11 is 5.75. The minimum atomic E-state index is 0.0170. The van der Waals surface area contributed by atoms with Gasteiger partial charge in [-0.15, -0.1) is 0 Å². The second kappa shape index (κ2) is 4.42. The summed E-state index contributed by atoms with van der Waals surface area (Å²) < 4.78 is 0. The van der Waals surface area contributed by atoms with E-state index in [-0.39, 0.29) is 5.91 Å². The van der Waals surface area contributed by atoms with E-state index in [0.29, 0.717) is 16.6 Å². The SMILES string of the molecule is CC1CC1CN(C)C(=O)c1ccnc(Cl)c1. The number of amides is 1. The van der Waals surface area contributed by atoms with Gasteiger partial charge in [-0.1, -0.05) is 18.5 Å². The Bertz CT molecular complexity index is 408. The summed E-state index contributed by atoms with van der Waals surface area (Å²) in [5.74, 6) is 1.45. The van der Waals surface area contributed by atoms with E-state index in [0.717, 1.165) is 12.5 Å². The Morgan fingerprint density at radius 2 is 2.38 bits per heavy atom. The van der Waals surface area contributed by atoms with Crippen LogP contribution in [0, 0.1) is 11.8 Å². The quantitative estimate of drug-likeness (QED) is 0.758. The highest BCUT2D eigenvalue weighted by Gasteiger charge is 2.34. The van der Waals surface area contributed by atoms with Crippen molar-refractivity contribution in [3.05, 3.63) is 29.0 Å². The van der Waals surface area contributed by atoms with Gasteiger partial charge in [-0.3, -0.25) is 4.79 Å². The van der Waals surface area contributed by atoms with Crippen LogP contribution in [0.2, 0.25) is 5.15 Å². The van der Waals surface area contributed by atoms with Crippen LogP contribution in [0.5, 0.6) is 0 Å². The molecule has 16 heavy (non-hydrogen) atoms. The molecule has 86 valence electrons. The molecular formula is C12H15ClN2O. The number of nitrogens with zero attached hydrogens (tertiary/aromatic N) is 2. The Kier molecular flexibility index (Phi) is 3.15. The van der Waals surface area contributed by atoms with Crippen LogP contribution >= 0.6 is 11.6 Å². The first kappa shape index (κ1) is 11.4. The minimum Gasteiger partial charge on any atom is -0.341 e. The summed E-state index contributed by atoms with van der Waals surface area (Å²) in [7, 11) is 1.84. The molecule has 4 heteroatoms. The Morgan fingerprint density at radius 3 is 2.94 bits per heavy atom. The highest BCUT2D eigenvalue weighted by atomic mass is 35.5. The average molecular weight is 239 g/mol. The predicted molar refractivity (Wildman–Crippen MR) is 63.5 cm³/mol. The van der Waals surface area contributed by atoms with Crippen LogP contribution in [0.1, 0.15) is 23.7 Å². The first-order chi connectivity index (χ1) is 7.58. The molecule has 1 aliphatic rings. The lowest BCUT2D eigenvalue weighted by Crippen LogP contribution is -2.29. The monoisotopic (exact) mass is 238 g/mol. The van der Waals surface area contributed by atoms with Gasteiger partial charge in [-0.25, -0.2) is 4.98 Å². The lowest BCUT2D eigenvalue weighted by Gasteiger charge is -2.16. The molecule has 2 unspecified atom stereocenters. The zero-order valence-corrected chi connectivity index (χ0v) is 10.2. The molecule has 1 aliphatic carbocycles. The molecule has 0 aliphatic heterocycles. The van der Waals surface area contributed by atoms with Crippen molar-refractivity contribution in [1.29, 1.82) is 0 Å². The Labute approximate surface area is 100 Å². The third-order valence-corrected chi connectivity index (χ3v) is 3.31. The average Bonchev–Trinajstić information content (AvgIpc) is 2.93. The minimum absolute atomic E-state index is 0.0170. The summed E-state index contributed by atoms with van der Waals surface area (Å²) in [6.45, 7) is 3.05. The number of pyridine rings is 1. The molecule has 3 nitrogen and oxygen atoms in total. The van der Waals surface area contributed by atoms with E-state index in [1.54, 1.807) is 23.2 Å². The third kappa shape index (κ3) is 2.53. The summed E-state index contributed by atoms with van der Waals surface area (Å²) in [4.78, 5) is 17.6. The van der Waals surface area contributed by atoms with Gasteiger partial charge in [0.1, 0.15) is 5.15 Å². The summed E-state index contributed by atoms with van der Waals surface area (Å²) in [5, 5.41) is 0.360. The van der Waals surface area contributed by atoms with Gasteiger partial charge < -0.3 is 4.90 Å². The van der Waals surface area contributed by atoms with Crippen molar-refractivity contribution in [2.45, 2.75) is 13.3 Å². The molecule has 0 spiro atoms. The highest BCUT2D eigenvalue weighted by molar-refractivity contribution is 6.29. The first-order valence-electron chi connectivity index (χ1n) is 5.45. The summed E-state index contributed by atoms with van der Waals surface area (Å²) in [6, 6.07) is 3.30. The lowest BCUT2D eigenvalue weighted by molar-refractivity contribution is 0.0787. The van der Waals surface area contributed by atoms with Crippen molar-refractivity contribution in [2.75, 3.05) is 13.6 Å². The van der Waals surface area contributed by atoms with Gasteiger partial charge in [-0.2, -0.15) is 0 Å². The van der Waals surface area contributed by atoms with E-state index in [1.807, 2.05) is 7.05 Å². The van der Waals surface area contributed by atoms with Crippen LogP contribution in [0.25, 0.3) is 0 Å². The second-order valence-corrected chi connectivity index (χ2v) is 4.91. The molecule has 0 aromatic carbocycles. The van der Waals surface area contributed by atoms with Crippen molar-refractivity contribution in [3.63, 3.8) is 0 Å². The van der Waals surface area contributed by atoms with E-state index in [2.05, 4.69) is 11.9 Å². The first-order valence-corrected chi connectivity index (χ1v) is 5.82. The molecule has 1 fully saturated rings. The Hall–Kier alpha value is -1.09. The fourth-order valence-corrected chi connectivity index (χ4v) is 2.02. The molecule has 0 N–H and O–H groups in total. The molecule has 1 aromatic rings. The topological polar surface area (TPSA) is 33.2 Å². The molecule has 1 saturated carbocycles. The fourth-order valence-electron chi connectivity index (χ4n) is 1.84. The van der Waals surface area contributed by atoms with Crippen LogP contribution in [0.4, 0.5) is 0 Å². The lowest BCUT2D eigenvalue weighted by atomic mass is 10.2. The maximum atomic E-state index is 12.0. The molecule has 1 aromatic heterocycles.